The summed E-state index contributed by atoms with van der Waals surface area (Å²) in [6, 6.07) is 9.38. The number of aryl methyl sites for hydroxylation is 1. The Balaban J connectivity index is 2.23. The van der Waals surface area contributed by atoms with Crippen molar-refractivity contribution in [2.75, 3.05) is 5.73 Å². The maximum atomic E-state index is 5.69. The molecule has 0 fully saturated rings. The molecule has 80 valence electrons. The van der Waals surface area contributed by atoms with E-state index in [-0.39, 0.29) is 0 Å². The van der Waals surface area contributed by atoms with Crippen molar-refractivity contribution in [3.05, 3.63) is 36.5 Å². The van der Waals surface area contributed by atoms with Gasteiger partial charge in [0.1, 0.15) is 11.2 Å². The van der Waals surface area contributed by atoms with Crippen LogP contribution in [0, 0.1) is 0 Å². The molecule has 0 unspecified atom stereocenters. The summed E-state index contributed by atoms with van der Waals surface area (Å²) in [5.41, 5.74) is 8.89. The number of benzene rings is 1. The number of nitrogens with zero attached hydrogens (tertiary/aromatic N) is 2. The fourth-order valence-electron chi connectivity index (χ4n) is 1.74. The van der Waals surface area contributed by atoms with Crippen LogP contribution in [-0.4, -0.2) is 9.55 Å². The third-order valence-electron chi connectivity index (χ3n) is 2.57. The van der Waals surface area contributed by atoms with E-state index in [9.17, 15) is 0 Å². The highest BCUT2D eigenvalue weighted by molar-refractivity contribution is 5.79. The van der Waals surface area contributed by atoms with E-state index in [1.54, 1.807) is 0 Å². The van der Waals surface area contributed by atoms with Gasteiger partial charge in [0.25, 0.3) is 0 Å². The maximum absolute atomic E-state index is 5.69. The zero-order valence-corrected chi connectivity index (χ0v) is 8.84. The number of hydrogen-bond acceptors (Lipinski definition) is 3. The summed E-state index contributed by atoms with van der Waals surface area (Å²) >= 11 is 0. The van der Waals surface area contributed by atoms with Gasteiger partial charge in [-0.05, 0) is 30.3 Å². The standard InChI is InChI=1S/C12H11N3O/c1-15-6-2-3-10(15)12-14-9-7-8(13)4-5-11(9)16-12/h2-7H,13H2,1H3. The van der Waals surface area contributed by atoms with Crippen molar-refractivity contribution in [1.29, 1.82) is 0 Å². The molecule has 0 aliphatic heterocycles. The summed E-state index contributed by atoms with van der Waals surface area (Å²) in [6.45, 7) is 0. The Kier molecular flexibility index (Phi) is 1.77. The van der Waals surface area contributed by atoms with E-state index in [0.29, 0.717) is 11.6 Å². The number of nitrogen functional groups attached to an aromatic ring is 1. The van der Waals surface area contributed by atoms with Gasteiger partial charge in [-0.1, -0.05) is 0 Å². The summed E-state index contributed by atoms with van der Waals surface area (Å²) in [7, 11) is 1.96. The molecule has 2 aromatic heterocycles. The molecule has 0 atom stereocenters. The zero-order valence-electron chi connectivity index (χ0n) is 8.84. The lowest BCUT2D eigenvalue weighted by atomic mass is 10.3. The molecule has 16 heavy (non-hydrogen) atoms. The van der Waals surface area contributed by atoms with E-state index in [4.69, 9.17) is 10.2 Å². The molecule has 3 aromatic rings. The molecule has 0 aliphatic rings. The summed E-state index contributed by atoms with van der Waals surface area (Å²) in [6.07, 6.45) is 1.96. The molecule has 0 amide bonds. The van der Waals surface area contributed by atoms with Crippen LogP contribution in [-0.2, 0) is 7.05 Å². The quantitative estimate of drug-likeness (QED) is 0.631. The predicted molar refractivity (Wildman–Crippen MR) is 62.8 cm³/mol. The molecule has 1 aromatic carbocycles. The molecule has 4 nitrogen and oxygen atoms in total. The van der Waals surface area contributed by atoms with E-state index < -0.39 is 0 Å². The molecule has 3 rings (SSSR count). The monoisotopic (exact) mass is 213 g/mol. The molecule has 0 spiro atoms. The molecule has 0 radical (unpaired) electrons. The van der Waals surface area contributed by atoms with Crippen LogP contribution in [0.3, 0.4) is 0 Å². The predicted octanol–water partition coefficient (Wildman–Crippen LogP) is 2.42. The van der Waals surface area contributed by atoms with Gasteiger partial charge in [0.05, 0.1) is 0 Å². The van der Waals surface area contributed by atoms with Crippen molar-refractivity contribution in [2.24, 2.45) is 7.05 Å². The summed E-state index contributed by atoms with van der Waals surface area (Å²) in [4.78, 5) is 4.41. The largest absolute Gasteiger partial charge is 0.435 e. The SMILES string of the molecule is Cn1cccc1-c1nc2cc(N)ccc2o1. The van der Waals surface area contributed by atoms with Gasteiger partial charge in [-0.2, -0.15) is 0 Å². The van der Waals surface area contributed by atoms with Crippen molar-refractivity contribution >= 4 is 16.8 Å². The first-order valence-electron chi connectivity index (χ1n) is 5.02. The second-order valence-corrected chi connectivity index (χ2v) is 3.75. The minimum absolute atomic E-state index is 0.619. The van der Waals surface area contributed by atoms with Crippen LogP contribution < -0.4 is 5.73 Å². The number of fused-ring (bicyclic) bond motifs is 1. The molecular weight excluding hydrogens is 202 g/mol. The fraction of sp³-hybridized carbons (Fsp3) is 0.0833. The van der Waals surface area contributed by atoms with Crippen molar-refractivity contribution in [2.45, 2.75) is 0 Å². The Bertz CT molecular complexity index is 651. The molecular formula is C12H11N3O. The van der Waals surface area contributed by atoms with Crippen molar-refractivity contribution in [3.63, 3.8) is 0 Å². The van der Waals surface area contributed by atoms with Gasteiger partial charge in [0, 0.05) is 18.9 Å². The Morgan fingerprint density at radius 2 is 2.19 bits per heavy atom. The summed E-state index contributed by atoms with van der Waals surface area (Å²) in [5, 5.41) is 0. The summed E-state index contributed by atoms with van der Waals surface area (Å²) in [5.74, 6) is 0.619. The number of aromatic nitrogens is 2. The van der Waals surface area contributed by atoms with Crippen LogP contribution >= 0.6 is 0 Å². The van der Waals surface area contributed by atoms with Crippen LogP contribution in [0.5, 0.6) is 0 Å². The number of hydrogen-bond donors (Lipinski definition) is 1. The fourth-order valence-corrected chi connectivity index (χ4v) is 1.74. The van der Waals surface area contributed by atoms with Crippen LogP contribution in [0.15, 0.2) is 40.9 Å². The highest BCUT2D eigenvalue weighted by Crippen LogP contribution is 2.25. The number of nitrogens with two attached hydrogens (primary N) is 1. The highest BCUT2D eigenvalue weighted by Gasteiger charge is 2.10. The normalized spacial score (nSPS) is 11.1. The Morgan fingerprint density at radius 1 is 1.31 bits per heavy atom. The lowest BCUT2D eigenvalue weighted by molar-refractivity contribution is 0.612. The van der Waals surface area contributed by atoms with Crippen molar-refractivity contribution in [1.82, 2.24) is 9.55 Å². The van der Waals surface area contributed by atoms with Gasteiger partial charge in [-0.3, -0.25) is 0 Å². The molecule has 0 saturated heterocycles. The second-order valence-electron chi connectivity index (χ2n) is 3.75. The average molecular weight is 213 g/mol. The molecule has 2 N–H and O–H groups in total. The first kappa shape index (κ1) is 9.03. The van der Waals surface area contributed by atoms with Crippen LogP contribution in [0.25, 0.3) is 22.7 Å². The third-order valence-corrected chi connectivity index (χ3v) is 2.57. The first-order valence-corrected chi connectivity index (χ1v) is 5.02. The van der Waals surface area contributed by atoms with Gasteiger partial charge in [-0.15, -0.1) is 0 Å². The topological polar surface area (TPSA) is 57.0 Å². The molecule has 0 aliphatic carbocycles. The molecule has 2 heterocycles. The van der Waals surface area contributed by atoms with E-state index in [2.05, 4.69) is 4.98 Å². The van der Waals surface area contributed by atoms with Gasteiger partial charge in [0.15, 0.2) is 5.58 Å². The van der Waals surface area contributed by atoms with Crippen LogP contribution in [0.1, 0.15) is 0 Å². The van der Waals surface area contributed by atoms with Crippen LogP contribution in [0.2, 0.25) is 0 Å². The molecule has 0 bridgehead atoms. The molecule has 0 saturated carbocycles. The highest BCUT2D eigenvalue weighted by atomic mass is 16.3. The zero-order chi connectivity index (χ0) is 11.1. The number of oxazole rings is 1. The van der Waals surface area contributed by atoms with E-state index in [0.717, 1.165) is 16.8 Å². The van der Waals surface area contributed by atoms with E-state index >= 15 is 0 Å². The van der Waals surface area contributed by atoms with Crippen molar-refractivity contribution in [3.8, 4) is 11.6 Å². The minimum Gasteiger partial charge on any atom is -0.435 e. The van der Waals surface area contributed by atoms with Gasteiger partial charge >= 0.3 is 0 Å². The summed E-state index contributed by atoms with van der Waals surface area (Å²) < 4.78 is 7.63. The smallest absolute Gasteiger partial charge is 0.244 e. The Morgan fingerprint density at radius 3 is 2.94 bits per heavy atom. The second kappa shape index (κ2) is 3.13. The van der Waals surface area contributed by atoms with Crippen molar-refractivity contribution < 1.29 is 4.42 Å². The first-order chi connectivity index (χ1) is 7.74. The van der Waals surface area contributed by atoms with Gasteiger partial charge < -0.3 is 14.7 Å². The maximum Gasteiger partial charge on any atom is 0.244 e. The van der Waals surface area contributed by atoms with E-state index in [1.807, 2.05) is 48.1 Å². The van der Waals surface area contributed by atoms with Gasteiger partial charge in [-0.25, -0.2) is 4.98 Å². The Labute approximate surface area is 92.3 Å². The van der Waals surface area contributed by atoms with E-state index in [1.165, 1.54) is 0 Å². The lowest BCUT2D eigenvalue weighted by Crippen LogP contribution is -1.88. The minimum atomic E-state index is 0.619. The Hall–Kier alpha value is -2.23. The van der Waals surface area contributed by atoms with Crippen LogP contribution in [0.4, 0.5) is 5.69 Å². The average Bonchev–Trinajstić information content (AvgIpc) is 2.82. The number of anilines is 1. The lowest BCUT2D eigenvalue weighted by Gasteiger charge is -1.95. The van der Waals surface area contributed by atoms with Gasteiger partial charge in [0.2, 0.25) is 5.89 Å². The number of rotatable bonds is 1. The molecule has 4 heteroatoms. The third kappa shape index (κ3) is 1.27.